The molecule has 3 aliphatic rings. The maximum Gasteiger partial charge on any atom is 0.232 e. The zero-order chi connectivity index (χ0) is 24.0. The van der Waals surface area contributed by atoms with Crippen LogP contribution in [0.2, 0.25) is 0 Å². The number of ether oxygens (including phenoxy) is 3. The molecule has 6 rings (SSSR count). The molecule has 0 bridgehead atoms. The lowest BCUT2D eigenvalue weighted by molar-refractivity contribution is -0.0412. The molecule has 0 spiro atoms. The SMILES string of the molecule is COc1ccc(-n2c(COC3CCOCC3)nnc2N2C[C@@H]3Cc4cc(F)ccc4[C@@]3(C)C2)cn1. The van der Waals surface area contributed by atoms with Gasteiger partial charge >= 0.3 is 0 Å². The molecule has 4 heterocycles. The van der Waals surface area contributed by atoms with Crippen LogP contribution in [-0.4, -0.2) is 59.3 Å². The number of fused-ring (bicyclic) bond motifs is 3. The number of hydrogen-bond donors (Lipinski definition) is 0. The van der Waals surface area contributed by atoms with Gasteiger partial charge in [0.25, 0.3) is 0 Å². The van der Waals surface area contributed by atoms with E-state index in [0.717, 1.165) is 68.6 Å². The first-order valence-electron chi connectivity index (χ1n) is 12.2. The number of nitrogens with zero attached hydrogens (tertiary/aromatic N) is 5. The molecule has 35 heavy (non-hydrogen) atoms. The summed E-state index contributed by atoms with van der Waals surface area (Å²) in [5.74, 6) is 2.30. The van der Waals surface area contributed by atoms with Gasteiger partial charge in [0.1, 0.15) is 12.4 Å². The van der Waals surface area contributed by atoms with Crippen molar-refractivity contribution in [1.29, 1.82) is 0 Å². The molecule has 2 aromatic heterocycles. The summed E-state index contributed by atoms with van der Waals surface area (Å²) in [4.78, 5) is 6.71. The van der Waals surface area contributed by atoms with E-state index in [1.54, 1.807) is 25.4 Å². The van der Waals surface area contributed by atoms with Crippen molar-refractivity contribution >= 4 is 5.95 Å². The second-order valence-electron chi connectivity index (χ2n) is 9.93. The summed E-state index contributed by atoms with van der Waals surface area (Å²) in [6.45, 7) is 5.72. The lowest BCUT2D eigenvalue weighted by Gasteiger charge is -2.26. The van der Waals surface area contributed by atoms with Crippen molar-refractivity contribution in [1.82, 2.24) is 19.7 Å². The van der Waals surface area contributed by atoms with Crippen molar-refractivity contribution in [2.24, 2.45) is 5.92 Å². The van der Waals surface area contributed by atoms with Crippen LogP contribution in [0.5, 0.6) is 5.88 Å². The van der Waals surface area contributed by atoms with E-state index >= 15 is 0 Å². The van der Waals surface area contributed by atoms with Crippen LogP contribution < -0.4 is 9.64 Å². The van der Waals surface area contributed by atoms with Gasteiger partial charge in [-0.15, -0.1) is 10.2 Å². The molecule has 0 saturated carbocycles. The molecule has 8 nitrogen and oxygen atoms in total. The van der Waals surface area contributed by atoms with E-state index in [1.807, 2.05) is 22.8 Å². The normalized spacial score (nSPS) is 24.0. The lowest BCUT2D eigenvalue weighted by atomic mass is 9.79. The average molecular weight is 480 g/mol. The van der Waals surface area contributed by atoms with Crippen molar-refractivity contribution < 1.29 is 18.6 Å². The fourth-order valence-corrected chi connectivity index (χ4v) is 5.89. The Morgan fingerprint density at radius 3 is 2.80 bits per heavy atom. The number of anilines is 1. The molecule has 0 amide bonds. The fourth-order valence-electron chi connectivity index (χ4n) is 5.89. The molecule has 9 heteroatoms. The predicted molar refractivity (Wildman–Crippen MR) is 127 cm³/mol. The van der Waals surface area contributed by atoms with E-state index < -0.39 is 0 Å². The molecule has 2 atom stereocenters. The highest BCUT2D eigenvalue weighted by molar-refractivity contribution is 5.51. The first-order chi connectivity index (χ1) is 17.0. The summed E-state index contributed by atoms with van der Waals surface area (Å²) in [6.07, 6.45) is 4.58. The van der Waals surface area contributed by atoms with Crippen LogP contribution in [0.1, 0.15) is 36.7 Å². The van der Waals surface area contributed by atoms with Gasteiger partial charge in [-0.05, 0) is 54.5 Å². The summed E-state index contributed by atoms with van der Waals surface area (Å²) in [5.41, 5.74) is 3.17. The van der Waals surface area contributed by atoms with Crippen LogP contribution in [0.25, 0.3) is 5.69 Å². The molecule has 2 saturated heterocycles. The standard InChI is InChI=1S/C26H30FN5O3/c1-26-16-31(14-18(26)11-17-12-19(27)3-5-22(17)26)25-30-29-23(15-35-21-7-9-34-10-8-21)32(25)20-4-6-24(33-2)28-13-20/h3-6,12-13,18,21H,7-11,14-16H2,1-2H3/t18-,26-/m0/s1. The zero-order valence-corrected chi connectivity index (χ0v) is 20.1. The summed E-state index contributed by atoms with van der Waals surface area (Å²) >= 11 is 0. The Bertz CT molecular complexity index is 1210. The first kappa shape index (κ1) is 22.4. The molecule has 0 unspecified atom stereocenters. The minimum Gasteiger partial charge on any atom is -0.481 e. The summed E-state index contributed by atoms with van der Waals surface area (Å²) < 4.78 is 32.8. The monoisotopic (exact) mass is 479 g/mol. The molecule has 1 aliphatic carbocycles. The molecule has 1 aromatic carbocycles. The van der Waals surface area contributed by atoms with Gasteiger partial charge in [0.2, 0.25) is 11.8 Å². The molecule has 2 fully saturated rings. The Kier molecular flexibility index (Phi) is 5.69. The Morgan fingerprint density at radius 1 is 1.17 bits per heavy atom. The molecule has 3 aromatic rings. The largest absolute Gasteiger partial charge is 0.481 e. The van der Waals surface area contributed by atoms with Crippen LogP contribution in [0.15, 0.2) is 36.5 Å². The van der Waals surface area contributed by atoms with Crippen molar-refractivity contribution in [3.63, 3.8) is 0 Å². The number of benzene rings is 1. The molecular formula is C26H30FN5O3. The minimum atomic E-state index is -0.162. The molecule has 2 aliphatic heterocycles. The molecule has 184 valence electrons. The Balaban J connectivity index is 1.31. The predicted octanol–water partition coefficient (Wildman–Crippen LogP) is 3.46. The lowest BCUT2D eigenvalue weighted by Crippen LogP contribution is -2.30. The van der Waals surface area contributed by atoms with E-state index in [4.69, 9.17) is 14.2 Å². The van der Waals surface area contributed by atoms with Crippen LogP contribution in [-0.2, 0) is 27.9 Å². The van der Waals surface area contributed by atoms with Gasteiger partial charge < -0.3 is 19.1 Å². The van der Waals surface area contributed by atoms with Gasteiger partial charge in [-0.2, -0.15) is 0 Å². The van der Waals surface area contributed by atoms with E-state index in [1.165, 1.54) is 5.56 Å². The van der Waals surface area contributed by atoms with Gasteiger partial charge in [0.15, 0.2) is 5.82 Å². The number of methoxy groups -OCH3 is 1. The maximum absolute atomic E-state index is 13.8. The average Bonchev–Trinajstić information content (AvgIpc) is 3.52. The van der Waals surface area contributed by atoms with Gasteiger partial charge in [-0.1, -0.05) is 13.0 Å². The van der Waals surface area contributed by atoms with Gasteiger partial charge in [-0.3, -0.25) is 4.57 Å². The highest BCUT2D eigenvalue weighted by atomic mass is 19.1. The van der Waals surface area contributed by atoms with E-state index in [0.29, 0.717) is 18.4 Å². The Labute approximate surface area is 204 Å². The third kappa shape index (κ3) is 3.96. The Hall–Kier alpha value is -3.04. The van der Waals surface area contributed by atoms with Gasteiger partial charge in [0.05, 0.1) is 25.1 Å². The van der Waals surface area contributed by atoms with Crippen LogP contribution >= 0.6 is 0 Å². The third-order valence-corrected chi connectivity index (χ3v) is 7.81. The highest BCUT2D eigenvalue weighted by Crippen LogP contribution is 2.49. The van der Waals surface area contributed by atoms with Crippen molar-refractivity contribution in [3.8, 4) is 11.6 Å². The van der Waals surface area contributed by atoms with E-state index in [-0.39, 0.29) is 17.3 Å². The summed E-state index contributed by atoms with van der Waals surface area (Å²) in [6, 6.07) is 9.03. The zero-order valence-electron chi connectivity index (χ0n) is 20.1. The van der Waals surface area contributed by atoms with E-state index in [2.05, 4.69) is 27.0 Å². The number of halogens is 1. The number of aromatic nitrogens is 4. The second-order valence-corrected chi connectivity index (χ2v) is 9.93. The summed E-state index contributed by atoms with van der Waals surface area (Å²) in [5, 5.41) is 9.17. The van der Waals surface area contributed by atoms with Crippen molar-refractivity contribution in [3.05, 3.63) is 59.3 Å². The van der Waals surface area contributed by atoms with Crippen LogP contribution in [0.4, 0.5) is 10.3 Å². The van der Waals surface area contributed by atoms with Gasteiger partial charge in [0, 0.05) is 37.8 Å². The quantitative estimate of drug-likeness (QED) is 0.536. The third-order valence-electron chi connectivity index (χ3n) is 7.81. The maximum atomic E-state index is 13.8. The van der Waals surface area contributed by atoms with Crippen molar-refractivity contribution in [2.45, 2.75) is 44.3 Å². The highest BCUT2D eigenvalue weighted by Gasteiger charge is 2.50. The van der Waals surface area contributed by atoms with Crippen molar-refractivity contribution in [2.75, 3.05) is 38.3 Å². The van der Waals surface area contributed by atoms with Crippen LogP contribution in [0, 0.1) is 11.7 Å². The summed E-state index contributed by atoms with van der Waals surface area (Å²) in [7, 11) is 1.60. The molecule has 0 radical (unpaired) electrons. The first-order valence-corrected chi connectivity index (χ1v) is 12.2. The Morgan fingerprint density at radius 2 is 2.03 bits per heavy atom. The fraction of sp³-hybridized carbons (Fsp3) is 0.500. The number of rotatable bonds is 6. The van der Waals surface area contributed by atoms with Gasteiger partial charge in [-0.25, -0.2) is 9.37 Å². The molecule has 0 N–H and O–H groups in total. The van der Waals surface area contributed by atoms with Crippen LogP contribution in [0.3, 0.4) is 0 Å². The van der Waals surface area contributed by atoms with E-state index in [9.17, 15) is 4.39 Å². The topological polar surface area (TPSA) is 74.5 Å². The minimum absolute atomic E-state index is 0.0588. The second kappa shape index (κ2) is 8.87. The molecular weight excluding hydrogens is 449 g/mol. The number of hydrogen-bond acceptors (Lipinski definition) is 7. The number of pyridine rings is 1. The smallest absolute Gasteiger partial charge is 0.232 e.